The molecule has 0 radical (unpaired) electrons. The van der Waals surface area contributed by atoms with Gasteiger partial charge in [-0.25, -0.2) is 0 Å². The lowest BCUT2D eigenvalue weighted by atomic mass is 9.99. The van der Waals surface area contributed by atoms with Crippen LogP contribution in [-0.4, -0.2) is 11.1 Å². The minimum atomic E-state index is -0.687. The summed E-state index contributed by atoms with van der Waals surface area (Å²) in [6.07, 6.45) is 15.8. The summed E-state index contributed by atoms with van der Waals surface area (Å²) in [4.78, 5) is 10.5. The molecular weight excluding hydrogens is 236 g/mol. The summed E-state index contributed by atoms with van der Waals surface area (Å²) < 4.78 is 0. The Bertz CT molecular complexity index is 230. The van der Waals surface area contributed by atoms with E-state index in [1.165, 1.54) is 69.8 Å². The van der Waals surface area contributed by atoms with Crippen molar-refractivity contribution in [3.05, 3.63) is 11.6 Å². The van der Waals surface area contributed by atoms with E-state index < -0.39 is 5.97 Å². The number of rotatable bonds is 13. The van der Waals surface area contributed by atoms with Gasteiger partial charge in [-0.1, -0.05) is 64.0 Å². The predicted molar refractivity (Wildman–Crippen MR) is 82.5 cm³/mol. The molecule has 0 atom stereocenters. The van der Waals surface area contributed by atoms with Gasteiger partial charge in [-0.05, 0) is 32.1 Å². The van der Waals surface area contributed by atoms with E-state index in [4.69, 9.17) is 5.11 Å². The lowest BCUT2D eigenvalue weighted by Gasteiger charge is -2.08. The first-order valence-electron chi connectivity index (χ1n) is 8.10. The van der Waals surface area contributed by atoms with Gasteiger partial charge in [0.2, 0.25) is 0 Å². The van der Waals surface area contributed by atoms with Crippen LogP contribution in [0, 0.1) is 0 Å². The number of allylic oxidation sites excluding steroid dienone is 2. The van der Waals surface area contributed by atoms with Gasteiger partial charge in [-0.3, -0.25) is 4.79 Å². The molecule has 2 nitrogen and oxygen atoms in total. The molecule has 0 aromatic heterocycles. The van der Waals surface area contributed by atoms with Gasteiger partial charge >= 0.3 is 5.97 Å². The number of hydrogen-bond acceptors (Lipinski definition) is 1. The average Bonchev–Trinajstić information content (AvgIpc) is 2.38. The minimum Gasteiger partial charge on any atom is -0.481 e. The Kier molecular flexibility index (Phi) is 13.1. The van der Waals surface area contributed by atoms with Crippen LogP contribution in [0.25, 0.3) is 0 Å². The van der Waals surface area contributed by atoms with Crippen molar-refractivity contribution in [1.82, 2.24) is 0 Å². The van der Waals surface area contributed by atoms with E-state index in [0.29, 0.717) is 6.42 Å². The van der Waals surface area contributed by atoms with E-state index in [9.17, 15) is 4.79 Å². The zero-order valence-corrected chi connectivity index (χ0v) is 12.9. The highest BCUT2D eigenvalue weighted by molar-refractivity contribution is 5.66. The van der Waals surface area contributed by atoms with Crippen molar-refractivity contribution >= 4 is 5.97 Å². The highest BCUT2D eigenvalue weighted by Gasteiger charge is 2.00. The van der Waals surface area contributed by atoms with Gasteiger partial charge in [0, 0.05) is 6.42 Å². The van der Waals surface area contributed by atoms with Gasteiger partial charge in [-0.15, -0.1) is 0 Å². The van der Waals surface area contributed by atoms with Crippen LogP contribution in [0.3, 0.4) is 0 Å². The Morgan fingerprint density at radius 2 is 1.37 bits per heavy atom. The fourth-order valence-electron chi connectivity index (χ4n) is 2.29. The Morgan fingerprint density at radius 1 is 0.842 bits per heavy atom. The molecule has 0 aliphatic rings. The van der Waals surface area contributed by atoms with Gasteiger partial charge in [0.1, 0.15) is 0 Å². The minimum absolute atomic E-state index is 0.271. The topological polar surface area (TPSA) is 37.3 Å². The molecule has 0 saturated heterocycles. The standard InChI is InChI=1S/C17H32O2/c1-3-5-7-9-12-16(13-10-8-6-4-2)14-11-15-17(18)19/h14H,3-13,15H2,1-2H3,(H,18,19). The third-order valence-corrected chi connectivity index (χ3v) is 3.49. The fraction of sp³-hybridized carbons (Fsp3) is 0.824. The van der Waals surface area contributed by atoms with Crippen LogP contribution in [0.5, 0.6) is 0 Å². The molecular formula is C17H32O2. The molecule has 112 valence electrons. The molecule has 0 aliphatic heterocycles. The van der Waals surface area contributed by atoms with Crippen LogP contribution in [0.4, 0.5) is 0 Å². The van der Waals surface area contributed by atoms with E-state index in [0.717, 1.165) is 0 Å². The zero-order valence-electron chi connectivity index (χ0n) is 12.9. The predicted octanol–water partition coefficient (Wildman–Crippen LogP) is 5.72. The fourth-order valence-corrected chi connectivity index (χ4v) is 2.29. The average molecular weight is 268 g/mol. The molecule has 2 heteroatoms. The van der Waals surface area contributed by atoms with Crippen molar-refractivity contribution in [2.24, 2.45) is 0 Å². The molecule has 0 aromatic carbocycles. The highest BCUT2D eigenvalue weighted by atomic mass is 16.4. The molecule has 0 bridgehead atoms. The first kappa shape index (κ1) is 18.2. The quantitative estimate of drug-likeness (QED) is 0.343. The second kappa shape index (κ2) is 13.6. The molecule has 0 rings (SSSR count). The lowest BCUT2D eigenvalue weighted by Crippen LogP contribution is -1.93. The molecule has 0 aliphatic carbocycles. The maximum absolute atomic E-state index is 10.5. The summed E-state index contributed by atoms with van der Waals surface area (Å²) >= 11 is 0. The van der Waals surface area contributed by atoms with Gasteiger partial charge in [-0.2, -0.15) is 0 Å². The van der Waals surface area contributed by atoms with Crippen LogP contribution >= 0.6 is 0 Å². The first-order chi connectivity index (χ1) is 9.20. The van der Waals surface area contributed by atoms with Crippen LogP contribution < -0.4 is 0 Å². The Morgan fingerprint density at radius 3 is 1.79 bits per heavy atom. The van der Waals surface area contributed by atoms with E-state index in [1.807, 2.05) is 0 Å². The summed E-state index contributed by atoms with van der Waals surface area (Å²) in [5.74, 6) is -0.687. The third kappa shape index (κ3) is 13.4. The normalized spacial score (nSPS) is 10.4. The molecule has 1 N–H and O–H groups in total. The lowest BCUT2D eigenvalue weighted by molar-refractivity contribution is -0.136. The molecule has 0 aromatic rings. The van der Waals surface area contributed by atoms with Crippen LogP contribution in [0.1, 0.15) is 90.9 Å². The molecule has 0 saturated carbocycles. The third-order valence-electron chi connectivity index (χ3n) is 3.49. The van der Waals surface area contributed by atoms with Gasteiger partial charge < -0.3 is 5.11 Å². The smallest absolute Gasteiger partial charge is 0.303 e. The molecule has 0 fully saturated rings. The number of hydrogen-bond donors (Lipinski definition) is 1. The highest BCUT2D eigenvalue weighted by Crippen LogP contribution is 2.18. The number of unbranched alkanes of at least 4 members (excludes halogenated alkanes) is 6. The van der Waals surface area contributed by atoms with Crippen molar-refractivity contribution in [1.29, 1.82) is 0 Å². The SMILES string of the molecule is CCCCCCC(=CCCC(=O)O)CCCCCC. The van der Waals surface area contributed by atoms with Crippen molar-refractivity contribution in [2.75, 3.05) is 0 Å². The van der Waals surface area contributed by atoms with E-state index in [-0.39, 0.29) is 6.42 Å². The first-order valence-corrected chi connectivity index (χ1v) is 8.10. The number of carboxylic acid groups (broad SMARTS) is 1. The molecule has 0 heterocycles. The van der Waals surface area contributed by atoms with Crippen molar-refractivity contribution in [3.8, 4) is 0 Å². The molecule has 19 heavy (non-hydrogen) atoms. The Hall–Kier alpha value is -0.790. The van der Waals surface area contributed by atoms with Crippen LogP contribution in [0.15, 0.2) is 11.6 Å². The monoisotopic (exact) mass is 268 g/mol. The molecule has 0 unspecified atom stereocenters. The summed E-state index contributed by atoms with van der Waals surface area (Å²) in [6.45, 7) is 4.46. The van der Waals surface area contributed by atoms with E-state index in [1.54, 1.807) is 0 Å². The Labute approximate surface area is 119 Å². The van der Waals surface area contributed by atoms with E-state index in [2.05, 4.69) is 19.9 Å². The number of aliphatic carboxylic acids is 1. The van der Waals surface area contributed by atoms with E-state index >= 15 is 0 Å². The van der Waals surface area contributed by atoms with Gasteiger partial charge in [0.05, 0.1) is 0 Å². The van der Waals surface area contributed by atoms with Crippen molar-refractivity contribution < 1.29 is 9.90 Å². The van der Waals surface area contributed by atoms with Crippen molar-refractivity contribution in [3.63, 3.8) is 0 Å². The van der Waals surface area contributed by atoms with Gasteiger partial charge in [0.15, 0.2) is 0 Å². The molecule has 0 spiro atoms. The maximum Gasteiger partial charge on any atom is 0.303 e. The van der Waals surface area contributed by atoms with Crippen LogP contribution in [0.2, 0.25) is 0 Å². The summed E-state index contributed by atoms with van der Waals surface area (Å²) in [5.41, 5.74) is 1.49. The largest absolute Gasteiger partial charge is 0.481 e. The molecule has 0 amide bonds. The van der Waals surface area contributed by atoms with Crippen molar-refractivity contribution in [2.45, 2.75) is 90.9 Å². The maximum atomic E-state index is 10.5. The van der Waals surface area contributed by atoms with Crippen LogP contribution in [-0.2, 0) is 4.79 Å². The number of carboxylic acids is 1. The summed E-state index contributed by atoms with van der Waals surface area (Å²) in [7, 11) is 0. The van der Waals surface area contributed by atoms with Gasteiger partial charge in [0.25, 0.3) is 0 Å². The summed E-state index contributed by atoms with van der Waals surface area (Å²) in [5, 5.41) is 8.69. The summed E-state index contributed by atoms with van der Waals surface area (Å²) in [6, 6.07) is 0. The zero-order chi connectivity index (χ0) is 14.3. The second-order valence-corrected chi connectivity index (χ2v) is 5.42. The number of carbonyl (C=O) groups is 1. The second-order valence-electron chi connectivity index (χ2n) is 5.42. The Balaban J connectivity index is 3.94.